The highest BCUT2D eigenvalue weighted by molar-refractivity contribution is 5.78. The first kappa shape index (κ1) is 23.5. The molecule has 0 fully saturated rings. The van der Waals surface area contributed by atoms with Gasteiger partial charge in [-0.1, -0.05) is 26.0 Å². The number of carbonyl (C=O) groups is 2. The number of aliphatic carboxylic acids is 1. The minimum absolute atomic E-state index is 0.0673. The highest BCUT2D eigenvalue weighted by Crippen LogP contribution is 2.15. The van der Waals surface area contributed by atoms with Crippen molar-refractivity contribution in [2.75, 3.05) is 19.8 Å². The quantitative estimate of drug-likeness (QED) is 0.237. The molecule has 0 heterocycles. The molecule has 8 nitrogen and oxygen atoms in total. The normalized spacial score (nSPS) is 16.4. The molecule has 0 radical (unpaired) electrons. The molecule has 0 rings (SSSR count). The summed E-state index contributed by atoms with van der Waals surface area (Å²) in [4.78, 5) is 23.4. The van der Waals surface area contributed by atoms with Crippen LogP contribution in [0.15, 0.2) is 12.2 Å². The van der Waals surface area contributed by atoms with Gasteiger partial charge in [0.1, 0.15) is 12.1 Å². The number of esters is 1. The number of carboxylic acid groups (broad SMARTS) is 1. The van der Waals surface area contributed by atoms with Crippen molar-refractivity contribution in [3.8, 4) is 0 Å². The molecule has 0 aromatic rings. The third kappa shape index (κ3) is 9.54. The standard InChI is InChI=1S/C17H32N2O6/c1-4-7-12(10-13(19)15(20)21)16(22)25-17(24-9-6-3)14(11-18)23-8-5-2/h4,7,12-14,17H,5-6,8-11,18-19H2,1-3H3,(H,20,21)/t12?,13-,14?,17?/m0/s1. The SMILES string of the molecule is CC=CC(C[C@H](N)C(=O)O)C(=O)OC(OCCC)C(CN)OCCC. The number of nitrogens with two attached hydrogens (primary N) is 2. The summed E-state index contributed by atoms with van der Waals surface area (Å²) in [5.74, 6) is -2.57. The maximum absolute atomic E-state index is 12.5. The predicted octanol–water partition coefficient (Wildman–Crippen LogP) is 1.03. The van der Waals surface area contributed by atoms with E-state index < -0.39 is 36.3 Å². The zero-order valence-corrected chi connectivity index (χ0v) is 15.3. The molecule has 25 heavy (non-hydrogen) atoms. The van der Waals surface area contributed by atoms with Gasteiger partial charge in [0.25, 0.3) is 0 Å². The van der Waals surface area contributed by atoms with Crippen molar-refractivity contribution < 1.29 is 28.9 Å². The smallest absolute Gasteiger partial charge is 0.320 e. The molecule has 0 aromatic carbocycles. The van der Waals surface area contributed by atoms with Crippen LogP contribution in [0.5, 0.6) is 0 Å². The van der Waals surface area contributed by atoms with Crippen molar-refractivity contribution in [3.63, 3.8) is 0 Å². The summed E-state index contributed by atoms with van der Waals surface area (Å²) >= 11 is 0. The number of carbonyl (C=O) groups excluding carboxylic acids is 1. The topological polar surface area (TPSA) is 134 Å². The number of hydrogen-bond acceptors (Lipinski definition) is 7. The van der Waals surface area contributed by atoms with E-state index in [1.807, 2.05) is 13.8 Å². The molecular weight excluding hydrogens is 328 g/mol. The Morgan fingerprint density at radius 3 is 2.24 bits per heavy atom. The number of allylic oxidation sites excluding steroid dienone is 1. The van der Waals surface area contributed by atoms with Gasteiger partial charge in [-0.2, -0.15) is 0 Å². The predicted molar refractivity (Wildman–Crippen MR) is 93.7 cm³/mol. The molecule has 0 bridgehead atoms. The van der Waals surface area contributed by atoms with Gasteiger partial charge in [0.05, 0.1) is 12.5 Å². The van der Waals surface area contributed by atoms with Crippen molar-refractivity contribution in [3.05, 3.63) is 12.2 Å². The molecule has 0 spiro atoms. The second kappa shape index (κ2) is 13.8. The van der Waals surface area contributed by atoms with Gasteiger partial charge in [0.15, 0.2) is 0 Å². The zero-order valence-electron chi connectivity index (χ0n) is 15.3. The van der Waals surface area contributed by atoms with E-state index in [9.17, 15) is 9.59 Å². The Morgan fingerprint density at radius 2 is 1.76 bits per heavy atom. The van der Waals surface area contributed by atoms with Crippen LogP contribution in [0.25, 0.3) is 0 Å². The fraction of sp³-hybridized carbons (Fsp3) is 0.765. The third-order valence-corrected chi connectivity index (χ3v) is 3.34. The van der Waals surface area contributed by atoms with Crippen LogP contribution in [0, 0.1) is 5.92 Å². The van der Waals surface area contributed by atoms with Gasteiger partial charge in [-0.25, -0.2) is 0 Å². The van der Waals surface area contributed by atoms with Gasteiger partial charge >= 0.3 is 11.9 Å². The van der Waals surface area contributed by atoms with Crippen molar-refractivity contribution in [1.82, 2.24) is 0 Å². The minimum atomic E-state index is -1.17. The van der Waals surface area contributed by atoms with Crippen LogP contribution in [-0.4, -0.2) is 55.2 Å². The van der Waals surface area contributed by atoms with Gasteiger partial charge in [0, 0.05) is 13.2 Å². The molecular formula is C17H32N2O6. The van der Waals surface area contributed by atoms with Crippen molar-refractivity contribution in [2.45, 2.75) is 58.5 Å². The molecule has 8 heteroatoms. The second-order valence-corrected chi connectivity index (χ2v) is 5.63. The number of hydrogen-bond donors (Lipinski definition) is 3. The Bertz CT molecular complexity index is 416. The Labute approximate surface area is 149 Å². The van der Waals surface area contributed by atoms with Gasteiger partial charge in [-0.15, -0.1) is 0 Å². The van der Waals surface area contributed by atoms with Crippen molar-refractivity contribution in [1.29, 1.82) is 0 Å². The molecule has 0 saturated carbocycles. The summed E-state index contributed by atoms with van der Waals surface area (Å²) in [5.41, 5.74) is 11.2. The summed E-state index contributed by atoms with van der Waals surface area (Å²) in [7, 11) is 0. The second-order valence-electron chi connectivity index (χ2n) is 5.63. The molecule has 4 atom stereocenters. The zero-order chi connectivity index (χ0) is 19.2. The summed E-state index contributed by atoms with van der Waals surface area (Å²) in [5, 5.41) is 8.94. The van der Waals surface area contributed by atoms with Crippen LogP contribution >= 0.6 is 0 Å². The van der Waals surface area contributed by atoms with Crippen LogP contribution < -0.4 is 11.5 Å². The lowest BCUT2D eigenvalue weighted by molar-refractivity contribution is -0.212. The van der Waals surface area contributed by atoms with E-state index >= 15 is 0 Å². The summed E-state index contributed by atoms with van der Waals surface area (Å²) in [6, 6.07) is -1.16. The number of rotatable bonds is 14. The highest BCUT2D eigenvalue weighted by Gasteiger charge is 2.30. The maximum Gasteiger partial charge on any atom is 0.320 e. The van der Waals surface area contributed by atoms with Gasteiger partial charge < -0.3 is 30.8 Å². The number of ether oxygens (including phenoxy) is 3. The highest BCUT2D eigenvalue weighted by atomic mass is 16.7. The fourth-order valence-electron chi connectivity index (χ4n) is 2.04. The monoisotopic (exact) mass is 360 g/mol. The van der Waals surface area contributed by atoms with Crippen molar-refractivity contribution >= 4 is 11.9 Å². The van der Waals surface area contributed by atoms with E-state index in [-0.39, 0.29) is 13.0 Å². The Balaban J connectivity index is 5.06. The average Bonchev–Trinajstić information content (AvgIpc) is 2.59. The van der Waals surface area contributed by atoms with Crippen molar-refractivity contribution in [2.24, 2.45) is 17.4 Å². The van der Waals surface area contributed by atoms with Crippen LogP contribution in [-0.2, 0) is 23.8 Å². The van der Waals surface area contributed by atoms with Crippen LogP contribution in [0.3, 0.4) is 0 Å². The first-order valence-electron chi connectivity index (χ1n) is 8.66. The summed E-state index contributed by atoms with van der Waals surface area (Å²) in [6.07, 6.45) is 3.14. The molecule has 3 unspecified atom stereocenters. The minimum Gasteiger partial charge on any atom is -0.480 e. The average molecular weight is 360 g/mol. The fourth-order valence-corrected chi connectivity index (χ4v) is 2.04. The largest absolute Gasteiger partial charge is 0.480 e. The molecule has 146 valence electrons. The van der Waals surface area contributed by atoms with E-state index in [4.69, 9.17) is 30.8 Å². The Hall–Kier alpha value is -1.48. The van der Waals surface area contributed by atoms with E-state index in [2.05, 4.69) is 0 Å². The summed E-state index contributed by atoms with van der Waals surface area (Å²) in [6.45, 7) is 6.59. The first-order chi connectivity index (χ1) is 11.9. The molecule has 0 saturated heterocycles. The van der Waals surface area contributed by atoms with Crippen LogP contribution in [0.2, 0.25) is 0 Å². The van der Waals surface area contributed by atoms with Crippen LogP contribution in [0.1, 0.15) is 40.0 Å². The molecule has 0 aliphatic heterocycles. The van der Waals surface area contributed by atoms with Crippen LogP contribution in [0.4, 0.5) is 0 Å². The lowest BCUT2D eigenvalue weighted by Gasteiger charge is -2.27. The Kier molecular flexibility index (Phi) is 13.0. The van der Waals surface area contributed by atoms with Gasteiger partial charge in [-0.3, -0.25) is 9.59 Å². The molecule has 0 aliphatic rings. The van der Waals surface area contributed by atoms with E-state index in [0.717, 1.165) is 12.8 Å². The molecule has 0 aromatic heterocycles. The van der Waals surface area contributed by atoms with E-state index in [1.54, 1.807) is 19.1 Å². The molecule has 5 N–H and O–H groups in total. The van der Waals surface area contributed by atoms with E-state index in [1.165, 1.54) is 0 Å². The molecule has 0 amide bonds. The Morgan fingerprint density at radius 1 is 1.16 bits per heavy atom. The third-order valence-electron chi connectivity index (χ3n) is 3.34. The lowest BCUT2D eigenvalue weighted by Crippen LogP contribution is -2.43. The van der Waals surface area contributed by atoms with Gasteiger partial charge in [0.2, 0.25) is 6.29 Å². The summed E-state index contributed by atoms with van der Waals surface area (Å²) < 4.78 is 16.6. The lowest BCUT2D eigenvalue weighted by atomic mass is 10.00. The first-order valence-corrected chi connectivity index (χ1v) is 8.66. The van der Waals surface area contributed by atoms with E-state index in [0.29, 0.717) is 13.2 Å². The van der Waals surface area contributed by atoms with Gasteiger partial charge in [-0.05, 0) is 26.2 Å². The maximum atomic E-state index is 12.5. The molecule has 0 aliphatic carbocycles. The number of carboxylic acids is 1.